The molecular weight excluding hydrogens is 319 g/mol. The number of ether oxygens (including phenoxy) is 1. The smallest absolute Gasteiger partial charge is 0.223 e. The fraction of sp³-hybridized carbons (Fsp3) is 0.450. The van der Waals surface area contributed by atoms with E-state index in [0.717, 1.165) is 38.2 Å². The summed E-state index contributed by atoms with van der Waals surface area (Å²) in [6.45, 7) is 2.85. The average molecular weight is 344 g/mol. The molecule has 3 rings (SSSR count). The van der Waals surface area contributed by atoms with E-state index in [0.29, 0.717) is 11.7 Å². The third-order valence-electron chi connectivity index (χ3n) is 4.91. The topological polar surface area (TPSA) is 45.3 Å². The van der Waals surface area contributed by atoms with Crippen molar-refractivity contribution in [3.05, 3.63) is 63.8 Å². The number of likely N-dealkylation sites (tertiary alicyclic amines) is 1. The van der Waals surface area contributed by atoms with E-state index in [2.05, 4.69) is 9.88 Å². The number of benzene rings is 1. The maximum Gasteiger partial charge on any atom is 0.223 e. The van der Waals surface area contributed by atoms with Crippen LogP contribution in [0.2, 0.25) is 0 Å². The molecule has 0 radical (unpaired) electrons. The van der Waals surface area contributed by atoms with E-state index < -0.39 is 0 Å². The van der Waals surface area contributed by atoms with E-state index >= 15 is 0 Å². The second-order valence-electron chi connectivity index (χ2n) is 6.80. The summed E-state index contributed by atoms with van der Waals surface area (Å²) in [7, 11) is 1.50. The van der Waals surface area contributed by atoms with Crippen molar-refractivity contribution in [1.29, 1.82) is 0 Å². The van der Waals surface area contributed by atoms with Gasteiger partial charge in [0.1, 0.15) is 5.82 Å². The Morgan fingerprint density at radius 3 is 2.84 bits per heavy atom. The summed E-state index contributed by atoms with van der Waals surface area (Å²) < 4.78 is 18.0. The molecule has 1 aliphatic heterocycles. The molecule has 25 heavy (non-hydrogen) atoms. The molecule has 1 aromatic heterocycles. The summed E-state index contributed by atoms with van der Waals surface area (Å²) in [5.41, 5.74) is 2.03. The Labute approximate surface area is 147 Å². The number of piperidine rings is 1. The Hall–Kier alpha value is -2.14. The van der Waals surface area contributed by atoms with Crippen molar-refractivity contribution in [2.45, 2.75) is 32.2 Å². The minimum atomic E-state index is -0.180. The van der Waals surface area contributed by atoms with Crippen LogP contribution in [0.25, 0.3) is 0 Å². The Morgan fingerprint density at radius 2 is 2.12 bits per heavy atom. The molecule has 1 atom stereocenters. The van der Waals surface area contributed by atoms with Gasteiger partial charge in [-0.1, -0.05) is 12.1 Å². The summed E-state index contributed by atoms with van der Waals surface area (Å²) >= 11 is 0. The normalized spacial score (nSPS) is 18.2. The Kier molecular flexibility index (Phi) is 5.87. The lowest BCUT2D eigenvalue weighted by molar-refractivity contribution is 0.160. The van der Waals surface area contributed by atoms with E-state index in [9.17, 15) is 9.18 Å². The predicted molar refractivity (Wildman–Crippen MR) is 96.3 cm³/mol. The molecule has 4 nitrogen and oxygen atoms in total. The molecule has 1 aliphatic rings. The Balaban J connectivity index is 1.53. The second kappa shape index (κ2) is 8.30. The van der Waals surface area contributed by atoms with Gasteiger partial charge in [0, 0.05) is 31.0 Å². The zero-order valence-corrected chi connectivity index (χ0v) is 14.6. The highest BCUT2D eigenvalue weighted by molar-refractivity contribution is 5.20. The first-order chi connectivity index (χ1) is 12.1. The molecule has 134 valence electrons. The lowest BCUT2D eigenvalue weighted by Gasteiger charge is -2.32. The van der Waals surface area contributed by atoms with Crippen molar-refractivity contribution in [2.75, 3.05) is 20.2 Å². The first-order valence-corrected chi connectivity index (χ1v) is 8.86. The van der Waals surface area contributed by atoms with Gasteiger partial charge < -0.3 is 9.72 Å². The predicted octanol–water partition coefficient (Wildman–Crippen LogP) is 3.37. The number of aromatic amines is 1. The van der Waals surface area contributed by atoms with E-state index in [1.54, 1.807) is 12.3 Å². The van der Waals surface area contributed by atoms with Crippen LogP contribution in [0.15, 0.2) is 41.3 Å². The first kappa shape index (κ1) is 17.7. The number of nitrogens with zero attached hydrogens (tertiary/aromatic N) is 1. The van der Waals surface area contributed by atoms with Crippen LogP contribution in [0.5, 0.6) is 5.75 Å². The van der Waals surface area contributed by atoms with E-state index in [1.165, 1.54) is 37.6 Å². The van der Waals surface area contributed by atoms with E-state index in [4.69, 9.17) is 4.74 Å². The summed E-state index contributed by atoms with van der Waals surface area (Å²) in [6.07, 6.45) is 6.14. The molecule has 1 saturated heterocycles. The van der Waals surface area contributed by atoms with Crippen molar-refractivity contribution >= 4 is 0 Å². The van der Waals surface area contributed by atoms with Crippen LogP contribution >= 0.6 is 0 Å². The molecule has 1 N–H and O–H groups in total. The van der Waals surface area contributed by atoms with Crippen molar-refractivity contribution in [1.82, 2.24) is 9.88 Å². The number of aryl methyl sites for hydroxylation is 1. The minimum Gasteiger partial charge on any atom is -0.491 e. The molecule has 0 saturated carbocycles. The van der Waals surface area contributed by atoms with Crippen LogP contribution in [-0.4, -0.2) is 30.1 Å². The lowest BCUT2D eigenvalue weighted by Crippen LogP contribution is -2.35. The SMILES string of the molecule is COc1c[nH]c(CN2CCC[C@H](CCc3ccc(F)cc3)C2)cc1=O. The molecule has 2 heterocycles. The molecule has 2 aromatic rings. The third kappa shape index (κ3) is 4.92. The number of halogens is 1. The highest BCUT2D eigenvalue weighted by Crippen LogP contribution is 2.22. The minimum absolute atomic E-state index is 0.0823. The number of methoxy groups -OCH3 is 1. The molecule has 1 fully saturated rings. The van der Waals surface area contributed by atoms with Gasteiger partial charge in [0.2, 0.25) is 5.43 Å². The second-order valence-corrected chi connectivity index (χ2v) is 6.80. The molecule has 0 spiro atoms. The number of hydrogen-bond acceptors (Lipinski definition) is 3. The number of hydrogen-bond donors (Lipinski definition) is 1. The largest absolute Gasteiger partial charge is 0.491 e. The van der Waals surface area contributed by atoms with Crippen LogP contribution in [0.3, 0.4) is 0 Å². The summed E-state index contributed by atoms with van der Waals surface area (Å²) in [5.74, 6) is 0.810. The van der Waals surface area contributed by atoms with Gasteiger partial charge in [-0.3, -0.25) is 9.69 Å². The maximum absolute atomic E-state index is 13.0. The molecule has 0 bridgehead atoms. The number of nitrogens with one attached hydrogen (secondary N) is 1. The van der Waals surface area contributed by atoms with Gasteiger partial charge in [0.05, 0.1) is 7.11 Å². The molecular formula is C20H25FN2O2. The maximum atomic E-state index is 13.0. The fourth-order valence-corrected chi connectivity index (χ4v) is 3.54. The van der Waals surface area contributed by atoms with Crippen molar-refractivity contribution in [3.8, 4) is 5.75 Å². The van der Waals surface area contributed by atoms with Crippen molar-refractivity contribution in [2.24, 2.45) is 5.92 Å². The molecule has 0 unspecified atom stereocenters. The van der Waals surface area contributed by atoms with Crippen molar-refractivity contribution < 1.29 is 9.13 Å². The standard InChI is InChI=1S/C20H25FN2O2/c1-25-20-12-22-18(11-19(20)24)14-23-10-2-3-16(13-23)5-4-15-6-8-17(21)9-7-15/h6-9,11-12,16H,2-5,10,13-14H2,1H3,(H,22,24)/t16-/m1/s1. The monoisotopic (exact) mass is 344 g/mol. The van der Waals surface area contributed by atoms with Gasteiger partial charge in [-0.2, -0.15) is 0 Å². The Bertz CT molecular complexity index is 742. The highest BCUT2D eigenvalue weighted by atomic mass is 19.1. The molecule has 0 amide bonds. The van der Waals surface area contributed by atoms with Gasteiger partial charge >= 0.3 is 0 Å². The lowest BCUT2D eigenvalue weighted by atomic mass is 9.91. The zero-order valence-electron chi connectivity index (χ0n) is 14.6. The molecule has 0 aliphatic carbocycles. The van der Waals surface area contributed by atoms with Crippen molar-refractivity contribution in [3.63, 3.8) is 0 Å². The number of pyridine rings is 1. The molecule has 5 heteroatoms. The van der Waals surface area contributed by atoms with Crippen LogP contribution in [0.1, 0.15) is 30.5 Å². The van der Waals surface area contributed by atoms with Crippen LogP contribution in [-0.2, 0) is 13.0 Å². The average Bonchev–Trinajstić information content (AvgIpc) is 2.62. The summed E-state index contributed by atoms with van der Waals surface area (Å²) in [6, 6.07) is 8.43. The van der Waals surface area contributed by atoms with Crippen LogP contribution < -0.4 is 10.2 Å². The quantitative estimate of drug-likeness (QED) is 0.874. The third-order valence-corrected chi connectivity index (χ3v) is 4.91. The zero-order chi connectivity index (χ0) is 17.6. The van der Waals surface area contributed by atoms with Gasteiger partial charge in [0.15, 0.2) is 5.75 Å². The number of rotatable bonds is 6. The van der Waals surface area contributed by atoms with Gasteiger partial charge in [0.25, 0.3) is 0 Å². The molecule has 1 aromatic carbocycles. The van der Waals surface area contributed by atoms with Crippen LogP contribution in [0, 0.1) is 11.7 Å². The fourth-order valence-electron chi connectivity index (χ4n) is 3.54. The van der Waals surface area contributed by atoms with E-state index in [-0.39, 0.29) is 11.2 Å². The van der Waals surface area contributed by atoms with E-state index in [1.807, 2.05) is 12.1 Å². The number of H-pyrrole nitrogens is 1. The van der Waals surface area contributed by atoms with Crippen LogP contribution in [0.4, 0.5) is 4.39 Å². The summed E-state index contributed by atoms with van der Waals surface area (Å²) in [5, 5.41) is 0. The van der Waals surface area contributed by atoms with Gasteiger partial charge in [-0.25, -0.2) is 4.39 Å². The highest BCUT2D eigenvalue weighted by Gasteiger charge is 2.20. The Morgan fingerprint density at radius 1 is 1.32 bits per heavy atom. The van der Waals surface area contributed by atoms with Gasteiger partial charge in [-0.15, -0.1) is 0 Å². The first-order valence-electron chi connectivity index (χ1n) is 8.86. The van der Waals surface area contributed by atoms with Gasteiger partial charge in [-0.05, 0) is 55.8 Å². The summed E-state index contributed by atoms with van der Waals surface area (Å²) in [4.78, 5) is 17.4. The number of aromatic nitrogens is 1.